The van der Waals surface area contributed by atoms with E-state index in [1.165, 1.54) is 11.8 Å². The highest BCUT2D eigenvalue weighted by Gasteiger charge is 2.16. The van der Waals surface area contributed by atoms with Crippen LogP contribution in [0.5, 0.6) is 11.5 Å². The zero-order valence-electron chi connectivity index (χ0n) is 17.9. The molecule has 0 spiro atoms. The number of imidazole rings is 1. The van der Waals surface area contributed by atoms with E-state index in [0.717, 1.165) is 45.6 Å². The van der Waals surface area contributed by atoms with Crippen LogP contribution in [0.3, 0.4) is 0 Å². The summed E-state index contributed by atoms with van der Waals surface area (Å²) in [7, 11) is 4.93. The van der Waals surface area contributed by atoms with Gasteiger partial charge in [0.25, 0.3) is 0 Å². The number of benzene rings is 2. The normalized spacial score (nSPS) is 10.7. The van der Waals surface area contributed by atoms with Crippen molar-refractivity contribution in [3.05, 3.63) is 48.5 Å². The summed E-state index contributed by atoms with van der Waals surface area (Å²) in [5, 5.41) is 3.67. The third-order valence-corrected chi connectivity index (χ3v) is 5.58. The predicted molar refractivity (Wildman–Crippen MR) is 123 cm³/mol. The highest BCUT2D eigenvalue weighted by Crippen LogP contribution is 2.33. The molecule has 8 heteroatoms. The molecule has 0 saturated heterocycles. The number of nitrogens with one attached hydrogen (secondary N) is 2. The molecule has 0 aliphatic rings. The molecule has 3 aromatic rings. The maximum absolute atomic E-state index is 12.2. The minimum Gasteiger partial charge on any atom is -0.497 e. The summed E-state index contributed by atoms with van der Waals surface area (Å²) in [6, 6.07) is 15.4. The second kappa shape index (κ2) is 11.4. The molecule has 0 unspecified atom stereocenters. The first kappa shape index (κ1) is 22.7. The molecule has 0 fully saturated rings. The summed E-state index contributed by atoms with van der Waals surface area (Å²) < 4.78 is 15.5. The SMILES string of the molecule is COCCCNC(=O)CSc1nc(-c2ccc(OC)cc2)[nH]c1-c1ccc(OC)cc1. The van der Waals surface area contributed by atoms with Crippen molar-refractivity contribution in [1.82, 2.24) is 15.3 Å². The fourth-order valence-electron chi connectivity index (χ4n) is 2.93. The summed E-state index contributed by atoms with van der Waals surface area (Å²) in [5.41, 5.74) is 2.77. The van der Waals surface area contributed by atoms with Gasteiger partial charge in [0.05, 0.1) is 25.7 Å². The van der Waals surface area contributed by atoms with Crippen LogP contribution < -0.4 is 14.8 Å². The molecule has 0 aliphatic heterocycles. The van der Waals surface area contributed by atoms with Crippen molar-refractivity contribution < 1.29 is 19.0 Å². The number of rotatable bonds is 11. The number of hydrogen-bond acceptors (Lipinski definition) is 6. The molecule has 1 amide bonds. The lowest BCUT2D eigenvalue weighted by molar-refractivity contribution is -0.118. The maximum Gasteiger partial charge on any atom is 0.230 e. The molecule has 31 heavy (non-hydrogen) atoms. The van der Waals surface area contributed by atoms with Crippen LogP contribution in [0.1, 0.15) is 6.42 Å². The zero-order valence-corrected chi connectivity index (χ0v) is 18.8. The molecular formula is C23H27N3O4S. The van der Waals surface area contributed by atoms with Crippen LogP contribution in [-0.4, -0.2) is 56.1 Å². The van der Waals surface area contributed by atoms with E-state index < -0.39 is 0 Å². The van der Waals surface area contributed by atoms with Crippen LogP contribution in [0.4, 0.5) is 0 Å². The van der Waals surface area contributed by atoms with E-state index in [2.05, 4.69) is 10.3 Å². The molecular weight excluding hydrogens is 414 g/mol. The number of amides is 1. The number of methoxy groups -OCH3 is 3. The molecule has 0 aliphatic carbocycles. The lowest BCUT2D eigenvalue weighted by atomic mass is 10.1. The van der Waals surface area contributed by atoms with Crippen LogP contribution in [0.15, 0.2) is 53.6 Å². The van der Waals surface area contributed by atoms with E-state index in [0.29, 0.717) is 13.2 Å². The minimum atomic E-state index is -0.0317. The summed E-state index contributed by atoms with van der Waals surface area (Å²) in [6.07, 6.45) is 0.786. The molecule has 3 rings (SSSR count). The molecule has 0 bridgehead atoms. The highest BCUT2D eigenvalue weighted by atomic mass is 32.2. The summed E-state index contributed by atoms with van der Waals surface area (Å²) in [4.78, 5) is 20.4. The van der Waals surface area contributed by atoms with Crippen LogP contribution in [0.25, 0.3) is 22.6 Å². The molecule has 0 radical (unpaired) electrons. The Labute approximate surface area is 186 Å². The van der Waals surface area contributed by atoms with Gasteiger partial charge in [-0.25, -0.2) is 4.98 Å². The van der Waals surface area contributed by atoms with Crippen LogP contribution in [-0.2, 0) is 9.53 Å². The maximum atomic E-state index is 12.2. The minimum absolute atomic E-state index is 0.0317. The van der Waals surface area contributed by atoms with Crippen molar-refractivity contribution in [2.45, 2.75) is 11.4 Å². The van der Waals surface area contributed by atoms with Crippen molar-refractivity contribution in [3.63, 3.8) is 0 Å². The number of thioether (sulfide) groups is 1. The number of aromatic amines is 1. The van der Waals surface area contributed by atoms with Crippen LogP contribution in [0, 0.1) is 0 Å². The first-order chi connectivity index (χ1) is 15.1. The molecule has 1 aromatic heterocycles. The number of ether oxygens (including phenoxy) is 3. The fraction of sp³-hybridized carbons (Fsp3) is 0.304. The van der Waals surface area contributed by atoms with Gasteiger partial charge < -0.3 is 24.5 Å². The monoisotopic (exact) mass is 441 g/mol. The Kier molecular flexibility index (Phi) is 8.37. The average Bonchev–Trinajstić information content (AvgIpc) is 3.25. The Morgan fingerprint density at radius 3 is 2.16 bits per heavy atom. The Hall–Kier alpha value is -2.97. The summed E-state index contributed by atoms with van der Waals surface area (Å²) in [5.74, 6) is 2.55. The number of aromatic nitrogens is 2. The standard InChI is InChI=1S/C23H27N3O4S/c1-28-14-4-13-24-20(27)15-31-23-21(16-5-9-18(29-2)10-6-16)25-22(26-23)17-7-11-19(30-3)12-8-17/h5-12H,4,13-15H2,1-3H3,(H,24,27)(H,25,26). The smallest absolute Gasteiger partial charge is 0.230 e. The Morgan fingerprint density at radius 2 is 1.58 bits per heavy atom. The summed E-state index contributed by atoms with van der Waals surface area (Å²) in [6.45, 7) is 1.22. The molecule has 1 heterocycles. The Balaban J connectivity index is 1.80. The number of hydrogen-bond donors (Lipinski definition) is 2. The van der Waals surface area contributed by atoms with Gasteiger partial charge in [-0.15, -0.1) is 0 Å². The second-order valence-electron chi connectivity index (χ2n) is 6.71. The van der Waals surface area contributed by atoms with E-state index in [1.807, 2.05) is 48.5 Å². The zero-order chi connectivity index (χ0) is 22.1. The Morgan fingerprint density at radius 1 is 0.968 bits per heavy atom. The van der Waals surface area contributed by atoms with Gasteiger partial charge in [-0.2, -0.15) is 0 Å². The average molecular weight is 442 g/mol. The number of carbonyl (C=O) groups excluding carboxylic acids is 1. The van der Waals surface area contributed by atoms with Gasteiger partial charge >= 0.3 is 0 Å². The quantitative estimate of drug-likeness (QED) is 0.346. The van der Waals surface area contributed by atoms with Gasteiger partial charge in [-0.3, -0.25) is 4.79 Å². The molecule has 2 N–H and O–H groups in total. The number of H-pyrrole nitrogens is 1. The Bertz CT molecular complexity index is 971. The third kappa shape index (κ3) is 6.26. The van der Waals surface area contributed by atoms with Gasteiger partial charge in [0.1, 0.15) is 22.3 Å². The van der Waals surface area contributed by atoms with Gasteiger partial charge in [0.15, 0.2) is 0 Å². The topological polar surface area (TPSA) is 85.5 Å². The molecule has 2 aromatic carbocycles. The first-order valence-corrected chi connectivity index (χ1v) is 10.9. The highest BCUT2D eigenvalue weighted by molar-refractivity contribution is 8.00. The van der Waals surface area contributed by atoms with E-state index in [4.69, 9.17) is 19.2 Å². The lowest BCUT2D eigenvalue weighted by Gasteiger charge is -2.06. The lowest BCUT2D eigenvalue weighted by Crippen LogP contribution is -2.26. The van der Waals surface area contributed by atoms with Gasteiger partial charge in [0.2, 0.25) is 5.91 Å². The van der Waals surface area contributed by atoms with Crippen molar-refractivity contribution in [2.24, 2.45) is 0 Å². The van der Waals surface area contributed by atoms with Crippen LogP contribution in [0.2, 0.25) is 0 Å². The van der Waals surface area contributed by atoms with Gasteiger partial charge in [-0.1, -0.05) is 11.8 Å². The fourth-order valence-corrected chi connectivity index (χ4v) is 3.77. The summed E-state index contributed by atoms with van der Waals surface area (Å²) >= 11 is 1.41. The third-order valence-electron chi connectivity index (χ3n) is 4.60. The molecule has 164 valence electrons. The number of nitrogens with zero attached hydrogens (tertiary/aromatic N) is 1. The van der Waals surface area contributed by atoms with Gasteiger partial charge in [-0.05, 0) is 55.0 Å². The first-order valence-electron chi connectivity index (χ1n) is 9.92. The van der Waals surface area contributed by atoms with E-state index in [1.54, 1.807) is 21.3 Å². The van der Waals surface area contributed by atoms with Crippen molar-refractivity contribution in [2.75, 3.05) is 40.2 Å². The largest absolute Gasteiger partial charge is 0.497 e. The van der Waals surface area contributed by atoms with Crippen LogP contribution >= 0.6 is 11.8 Å². The molecule has 0 saturated carbocycles. The van der Waals surface area contributed by atoms with Crippen molar-refractivity contribution >= 4 is 17.7 Å². The molecule has 0 atom stereocenters. The van der Waals surface area contributed by atoms with E-state index in [-0.39, 0.29) is 11.7 Å². The van der Waals surface area contributed by atoms with Gasteiger partial charge in [0, 0.05) is 31.4 Å². The van der Waals surface area contributed by atoms with E-state index >= 15 is 0 Å². The second-order valence-corrected chi connectivity index (χ2v) is 7.67. The number of carbonyl (C=O) groups is 1. The van der Waals surface area contributed by atoms with E-state index in [9.17, 15) is 4.79 Å². The molecule has 7 nitrogen and oxygen atoms in total. The van der Waals surface area contributed by atoms with Crippen molar-refractivity contribution in [3.8, 4) is 34.1 Å². The van der Waals surface area contributed by atoms with Crippen molar-refractivity contribution in [1.29, 1.82) is 0 Å². The predicted octanol–water partition coefficient (Wildman–Crippen LogP) is 4.01.